The monoisotopic (exact) mass is 225 g/mol. The smallest absolute Gasteiger partial charge is 0.239 e. The predicted molar refractivity (Wildman–Crippen MR) is 64.0 cm³/mol. The van der Waals surface area contributed by atoms with Crippen molar-refractivity contribution in [3.63, 3.8) is 0 Å². The van der Waals surface area contributed by atoms with E-state index in [1.54, 1.807) is 6.20 Å². The molecular formula is C10H19N5O. The third-order valence-corrected chi connectivity index (χ3v) is 2.23. The van der Waals surface area contributed by atoms with Gasteiger partial charge in [0.25, 0.3) is 0 Å². The van der Waals surface area contributed by atoms with Crippen LogP contribution in [0.4, 0.5) is 11.8 Å². The summed E-state index contributed by atoms with van der Waals surface area (Å²) in [5, 5.41) is 11.9. The molecule has 6 nitrogen and oxygen atoms in total. The van der Waals surface area contributed by atoms with Gasteiger partial charge in [-0.25, -0.2) is 10.8 Å². The molecule has 6 heteroatoms. The van der Waals surface area contributed by atoms with Crippen molar-refractivity contribution >= 4 is 11.8 Å². The van der Waals surface area contributed by atoms with E-state index < -0.39 is 0 Å². The SMILES string of the molecule is Cc1cnc(NN)nc1NCCCCCO. The first-order chi connectivity index (χ1) is 7.77. The van der Waals surface area contributed by atoms with Crippen LogP contribution in [0.25, 0.3) is 0 Å². The Hall–Kier alpha value is -1.40. The predicted octanol–water partition coefficient (Wildman–Crippen LogP) is 0.645. The van der Waals surface area contributed by atoms with Gasteiger partial charge in [0.2, 0.25) is 5.95 Å². The molecule has 1 heterocycles. The summed E-state index contributed by atoms with van der Waals surface area (Å²) in [6, 6.07) is 0. The Morgan fingerprint density at radius 1 is 1.38 bits per heavy atom. The number of aryl methyl sites for hydroxylation is 1. The number of aliphatic hydroxyl groups is 1. The van der Waals surface area contributed by atoms with Crippen LogP contribution in [-0.4, -0.2) is 28.2 Å². The Labute approximate surface area is 95.3 Å². The third kappa shape index (κ3) is 4.00. The molecule has 0 aliphatic carbocycles. The Kier molecular flexibility index (Phi) is 5.52. The number of aliphatic hydroxyl groups excluding tert-OH is 1. The van der Waals surface area contributed by atoms with E-state index in [0.29, 0.717) is 5.95 Å². The molecule has 0 aliphatic heterocycles. The van der Waals surface area contributed by atoms with E-state index in [0.717, 1.165) is 37.2 Å². The molecule has 0 radical (unpaired) electrons. The Bertz CT molecular complexity index is 318. The van der Waals surface area contributed by atoms with Crippen molar-refractivity contribution in [2.24, 2.45) is 5.84 Å². The highest BCUT2D eigenvalue weighted by Crippen LogP contribution is 2.11. The quantitative estimate of drug-likeness (QED) is 0.309. The molecule has 0 unspecified atom stereocenters. The summed E-state index contributed by atoms with van der Waals surface area (Å²) in [4.78, 5) is 8.20. The topological polar surface area (TPSA) is 96.1 Å². The van der Waals surface area contributed by atoms with Crippen LogP contribution < -0.4 is 16.6 Å². The van der Waals surface area contributed by atoms with Gasteiger partial charge in [0.05, 0.1) is 0 Å². The summed E-state index contributed by atoms with van der Waals surface area (Å²) in [5.41, 5.74) is 3.40. The zero-order valence-electron chi connectivity index (χ0n) is 9.53. The summed E-state index contributed by atoms with van der Waals surface area (Å²) < 4.78 is 0. The summed E-state index contributed by atoms with van der Waals surface area (Å²) in [7, 11) is 0. The molecule has 0 saturated carbocycles. The van der Waals surface area contributed by atoms with Gasteiger partial charge in [0.1, 0.15) is 5.82 Å². The number of hydrogen-bond acceptors (Lipinski definition) is 6. The highest BCUT2D eigenvalue weighted by molar-refractivity contribution is 5.45. The summed E-state index contributed by atoms with van der Waals surface area (Å²) in [6.45, 7) is 3.03. The number of rotatable bonds is 7. The largest absolute Gasteiger partial charge is 0.396 e. The molecular weight excluding hydrogens is 206 g/mol. The maximum atomic E-state index is 8.63. The van der Waals surface area contributed by atoms with Gasteiger partial charge >= 0.3 is 0 Å². The highest BCUT2D eigenvalue weighted by atomic mass is 16.2. The average molecular weight is 225 g/mol. The van der Waals surface area contributed by atoms with Crippen LogP contribution in [0.1, 0.15) is 24.8 Å². The first-order valence-corrected chi connectivity index (χ1v) is 5.43. The number of aromatic nitrogens is 2. The van der Waals surface area contributed by atoms with E-state index in [4.69, 9.17) is 10.9 Å². The fourth-order valence-electron chi connectivity index (χ4n) is 1.31. The van der Waals surface area contributed by atoms with Gasteiger partial charge in [0, 0.05) is 24.9 Å². The molecule has 1 aromatic heterocycles. The molecule has 90 valence electrons. The molecule has 0 aliphatic rings. The molecule has 0 atom stereocenters. The second-order valence-corrected chi connectivity index (χ2v) is 3.58. The number of nitrogens with two attached hydrogens (primary N) is 1. The van der Waals surface area contributed by atoms with Gasteiger partial charge in [-0.3, -0.25) is 5.43 Å². The lowest BCUT2D eigenvalue weighted by Crippen LogP contribution is -2.13. The molecule has 0 amide bonds. The normalized spacial score (nSPS) is 10.2. The summed E-state index contributed by atoms with van der Waals surface area (Å²) >= 11 is 0. The number of unbranched alkanes of at least 4 members (excludes halogenated alkanes) is 2. The van der Waals surface area contributed by atoms with Crippen molar-refractivity contribution < 1.29 is 5.11 Å². The van der Waals surface area contributed by atoms with E-state index >= 15 is 0 Å². The van der Waals surface area contributed by atoms with Crippen LogP contribution in [0.3, 0.4) is 0 Å². The lowest BCUT2D eigenvalue weighted by Gasteiger charge is -2.09. The van der Waals surface area contributed by atoms with Crippen LogP contribution in [-0.2, 0) is 0 Å². The number of anilines is 2. The molecule has 0 fully saturated rings. The minimum absolute atomic E-state index is 0.258. The minimum Gasteiger partial charge on any atom is -0.396 e. The number of hydrogen-bond donors (Lipinski definition) is 4. The van der Waals surface area contributed by atoms with Crippen LogP contribution in [0.15, 0.2) is 6.20 Å². The Morgan fingerprint density at radius 2 is 2.19 bits per heavy atom. The molecule has 0 spiro atoms. The second-order valence-electron chi connectivity index (χ2n) is 3.58. The van der Waals surface area contributed by atoms with Crippen LogP contribution >= 0.6 is 0 Å². The van der Waals surface area contributed by atoms with Crippen LogP contribution in [0, 0.1) is 6.92 Å². The van der Waals surface area contributed by atoms with Crippen molar-refractivity contribution in [1.29, 1.82) is 0 Å². The van der Waals surface area contributed by atoms with Crippen molar-refractivity contribution in [2.45, 2.75) is 26.2 Å². The van der Waals surface area contributed by atoms with E-state index in [9.17, 15) is 0 Å². The first kappa shape index (κ1) is 12.7. The van der Waals surface area contributed by atoms with Gasteiger partial charge < -0.3 is 10.4 Å². The zero-order valence-corrected chi connectivity index (χ0v) is 9.53. The Balaban J connectivity index is 2.40. The third-order valence-electron chi connectivity index (χ3n) is 2.23. The van der Waals surface area contributed by atoms with Crippen molar-refractivity contribution in [1.82, 2.24) is 9.97 Å². The fraction of sp³-hybridized carbons (Fsp3) is 0.600. The van der Waals surface area contributed by atoms with Crippen molar-refractivity contribution in [3.05, 3.63) is 11.8 Å². The first-order valence-electron chi connectivity index (χ1n) is 5.43. The molecule has 16 heavy (non-hydrogen) atoms. The van der Waals surface area contributed by atoms with Gasteiger partial charge in [0.15, 0.2) is 0 Å². The maximum absolute atomic E-state index is 8.63. The van der Waals surface area contributed by atoms with Gasteiger partial charge in [-0.05, 0) is 26.2 Å². The van der Waals surface area contributed by atoms with Crippen molar-refractivity contribution in [2.75, 3.05) is 23.9 Å². The molecule has 0 saturated heterocycles. The lowest BCUT2D eigenvalue weighted by molar-refractivity contribution is 0.283. The standard InChI is InChI=1S/C10H19N5O/c1-8-7-13-10(15-11)14-9(8)12-5-3-2-4-6-16/h7,16H,2-6,11H2,1H3,(H2,12,13,14,15). The van der Waals surface area contributed by atoms with Crippen LogP contribution in [0.2, 0.25) is 0 Å². The van der Waals surface area contributed by atoms with E-state index in [2.05, 4.69) is 20.7 Å². The summed E-state index contributed by atoms with van der Waals surface area (Å²) in [6.07, 6.45) is 4.59. The maximum Gasteiger partial charge on any atom is 0.239 e. The van der Waals surface area contributed by atoms with E-state index in [1.807, 2.05) is 6.92 Å². The van der Waals surface area contributed by atoms with Gasteiger partial charge in [-0.1, -0.05) is 0 Å². The Morgan fingerprint density at radius 3 is 2.88 bits per heavy atom. The zero-order chi connectivity index (χ0) is 11.8. The van der Waals surface area contributed by atoms with E-state index in [-0.39, 0.29) is 6.61 Å². The number of nitrogens with one attached hydrogen (secondary N) is 2. The molecule has 1 aromatic rings. The van der Waals surface area contributed by atoms with Gasteiger partial charge in [-0.2, -0.15) is 4.98 Å². The number of nitrogen functional groups attached to an aromatic ring is 1. The van der Waals surface area contributed by atoms with Crippen molar-refractivity contribution in [3.8, 4) is 0 Å². The number of nitrogens with zero attached hydrogens (tertiary/aromatic N) is 2. The second kappa shape index (κ2) is 6.97. The van der Waals surface area contributed by atoms with E-state index in [1.165, 1.54) is 0 Å². The van der Waals surface area contributed by atoms with Gasteiger partial charge in [-0.15, -0.1) is 0 Å². The minimum atomic E-state index is 0.258. The fourth-order valence-corrected chi connectivity index (χ4v) is 1.31. The molecule has 0 bridgehead atoms. The average Bonchev–Trinajstić information content (AvgIpc) is 2.31. The molecule has 0 aromatic carbocycles. The number of hydrazine groups is 1. The molecule has 5 N–H and O–H groups in total. The lowest BCUT2D eigenvalue weighted by atomic mass is 10.2. The highest BCUT2D eigenvalue weighted by Gasteiger charge is 2.01. The molecule has 1 rings (SSSR count). The summed E-state index contributed by atoms with van der Waals surface area (Å²) in [5.74, 6) is 6.44. The van der Waals surface area contributed by atoms with Crippen LogP contribution in [0.5, 0.6) is 0 Å².